The van der Waals surface area contributed by atoms with Crippen molar-refractivity contribution in [3.05, 3.63) is 20.8 Å². The summed E-state index contributed by atoms with van der Waals surface area (Å²) in [5.74, 6) is 0. The van der Waals surface area contributed by atoms with Crippen molar-refractivity contribution in [3.8, 4) is 0 Å². The van der Waals surface area contributed by atoms with Crippen LogP contribution in [0, 0.1) is 5.41 Å². The van der Waals surface area contributed by atoms with Gasteiger partial charge in [0.2, 0.25) is 0 Å². The van der Waals surface area contributed by atoms with Crippen LogP contribution in [0.3, 0.4) is 0 Å². The van der Waals surface area contributed by atoms with E-state index in [1.54, 1.807) is 18.4 Å². The number of rotatable bonds is 2. The molecule has 13 heavy (non-hydrogen) atoms. The van der Waals surface area contributed by atoms with E-state index in [0.717, 1.165) is 3.79 Å². The topological polar surface area (TPSA) is 9.23 Å². The van der Waals surface area contributed by atoms with Crippen molar-refractivity contribution in [1.29, 1.82) is 0 Å². The number of ether oxygens (including phenoxy) is 1. The van der Waals surface area contributed by atoms with E-state index >= 15 is 0 Å². The molecule has 74 valence electrons. The molecule has 1 nitrogen and oxygen atoms in total. The van der Waals surface area contributed by atoms with Gasteiger partial charge in [0.15, 0.2) is 0 Å². The molecule has 3 heteroatoms. The number of hydrogen-bond acceptors (Lipinski definition) is 2. The predicted molar refractivity (Wildman–Crippen MR) is 61.2 cm³/mol. The molecular weight excluding hydrogens is 248 g/mol. The summed E-state index contributed by atoms with van der Waals surface area (Å²) >= 11 is 5.20. The molecule has 0 aliphatic heterocycles. The highest BCUT2D eigenvalue weighted by Crippen LogP contribution is 2.39. The molecule has 0 aromatic carbocycles. The summed E-state index contributed by atoms with van der Waals surface area (Å²) in [6.45, 7) is 6.57. The van der Waals surface area contributed by atoms with Crippen LogP contribution in [0.25, 0.3) is 0 Å². The lowest BCUT2D eigenvalue weighted by atomic mass is 9.88. The molecule has 0 saturated carbocycles. The Morgan fingerprint density at radius 3 is 2.31 bits per heavy atom. The summed E-state index contributed by atoms with van der Waals surface area (Å²) in [4.78, 5) is 1.28. The van der Waals surface area contributed by atoms with Gasteiger partial charge in [0.05, 0.1) is 9.89 Å². The average Bonchev–Trinajstić information content (AvgIpc) is 2.34. The molecule has 0 aliphatic carbocycles. The van der Waals surface area contributed by atoms with Gasteiger partial charge in [-0.1, -0.05) is 20.8 Å². The Kier molecular flexibility index (Phi) is 3.55. The van der Waals surface area contributed by atoms with Crippen LogP contribution in [-0.2, 0) is 4.74 Å². The molecule has 0 saturated heterocycles. The van der Waals surface area contributed by atoms with Crippen LogP contribution in [0.1, 0.15) is 31.8 Å². The monoisotopic (exact) mass is 262 g/mol. The van der Waals surface area contributed by atoms with Crippen LogP contribution in [0.2, 0.25) is 0 Å². The van der Waals surface area contributed by atoms with E-state index in [9.17, 15) is 0 Å². The second kappa shape index (κ2) is 4.11. The van der Waals surface area contributed by atoms with E-state index in [2.05, 4.69) is 48.8 Å². The first-order chi connectivity index (χ1) is 5.95. The van der Waals surface area contributed by atoms with Crippen molar-refractivity contribution < 1.29 is 4.74 Å². The number of methoxy groups -OCH3 is 1. The third-order valence-corrected chi connectivity index (χ3v) is 3.54. The minimum absolute atomic E-state index is 0.152. The van der Waals surface area contributed by atoms with Crippen molar-refractivity contribution in [2.24, 2.45) is 5.41 Å². The lowest BCUT2D eigenvalue weighted by molar-refractivity contribution is 0.0179. The van der Waals surface area contributed by atoms with Crippen LogP contribution in [0.5, 0.6) is 0 Å². The van der Waals surface area contributed by atoms with Gasteiger partial charge in [0, 0.05) is 12.0 Å². The predicted octanol–water partition coefficient (Wildman–Crippen LogP) is 4.24. The molecule has 1 heterocycles. The fourth-order valence-electron chi connectivity index (χ4n) is 1.37. The molecule has 1 rings (SSSR count). The highest BCUT2D eigenvalue weighted by molar-refractivity contribution is 9.11. The first-order valence-corrected chi connectivity index (χ1v) is 5.84. The molecule has 1 atom stereocenters. The molecule has 0 aliphatic rings. The zero-order valence-corrected chi connectivity index (χ0v) is 10.8. The largest absolute Gasteiger partial charge is 0.375 e. The molecule has 0 fully saturated rings. The van der Waals surface area contributed by atoms with Gasteiger partial charge >= 0.3 is 0 Å². The maximum Gasteiger partial charge on any atom is 0.0961 e. The standard InChI is InChI=1S/C10H15BrOS/c1-10(2,3)9(12-4)7-5-6-8(11)13-7/h5-6,9H,1-4H3. The van der Waals surface area contributed by atoms with Crippen LogP contribution in [-0.4, -0.2) is 7.11 Å². The maximum absolute atomic E-state index is 5.50. The quantitative estimate of drug-likeness (QED) is 0.775. The Hall–Kier alpha value is 0.140. The van der Waals surface area contributed by atoms with Crippen molar-refractivity contribution in [2.75, 3.05) is 7.11 Å². The van der Waals surface area contributed by atoms with Gasteiger partial charge < -0.3 is 4.74 Å². The number of hydrogen-bond donors (Lipinski definition) is 0. The lowest BCUT2D eigenvalue weighted by Gasteiger charge is -2.28. The molecule has 1 aromatic rings. The van der Waals surface area contributed by atoms with Crippen molar-refractivity contribution in [2.45, 2.75) is 26.9 Å². The van der Waals surface area contributed by atoms with Gasteiger partial charge in [-0.05, 0) is 33.5 Å². The molecule has 1 aromatic heterocycles. The minimum Gasteiger partial charge on any atom is -0.375 e. The van der Waals surface area contributed by atoms with Crippen LogP contribution in [0.4, 0.5) is 0 Å². The smallest absolute Gasteiger partial charge is 0.0961 e. The Morgan fingerprint density at radius 1 is 1.38 bits per heavy atom. The van der Waals surface area contributed by atoms with E-state index in [-0.39, 0.29) is 11.5 Å². The van der Waals surface area contributed by atoms with E-state index in [0.29, 0.717) is 0 Å². The fourth-order valence-corrected chi connectivity index (χ4v) is 3.11. The van der Waals surface area contributed by atoms with Gasteiger partial charge in [-0.25, -0.2) is 0 Å². The lowest BCUT2D eigenvalue weighted by Crippen LogP contribution is -2.18. The highest BCUT2D eigenvalue weighted by Gasteiger charge is 2.27. The summed E-state index contributed by atoms with van der Waals surface area (Å²) in [5, 5.41) is 0. The van der Waals surface area contributed by atoms with Crippen molar-refractivity contribution in [1.82, 2.24) is 0 Å². The Bertz CT molecular complexity index is 275. The van der Waals surface area contributed by atoms with E-state index in [1.807, 2.05) is 0 Å². The van der Waals surface area contributed by atoms with Gasteiger partial charge in [-0.2, -0.15) is 0 Å². The average molecular weight is 263 g/mol. The summed E-state index contributed by atoms with van der Waals surface area (Å²) < 4.78 is 6.66. The fraction of sp³-hybridized carbons (Fsp3) is 0.600. The van der Waals surface area contributed by atoms with Crippen LogP contribution < -0.4 is 0 Å². The molecule has 0 amide bonds. The Morgan fingerprint density at radius 2 is 2.00 bits per heavy atom. The van der Waals surface area contributed by atoms with Gasteiger partial charge in [0.1, 0.15) is 0 Å². The van der Waals surface area contributed by atoms with Crippen LogP contribution >= 0.6 is 27.3 Å². The van der Waals surface area contributed by atoms with Gasteiger partial charge in [0.25, 0.3) is 0 Å². The number of thiophene rings is 1. The van der Waals surface area contributed by atoms with E-state index in [4.69, 9.17) is 4.74 Å². The normalized spacial score (nSPS) is 14.5. The van der Waals surface area contributed by atoms with E-state index in [1.165, 1.54) is 4.88 Å². The Labute approximate surface area is 92.2 Å². The van der Waals surface area contributed by atoms with Gasteiger partial charge in [-0.15, -0.1) is 11.3 Å². The Balaban J connectivity index is 2.91. The van der Waals surface area contributed by atoms with E-state index < -0.39 is 0 Å². The van der Waals surface area contributed by atoms with Crippen molar-refractivity contribution >= 4 is 27.3 Å². The zero-order chi connectivity index (χ0) is 10.1. The SMILES string of the molecule is COC(c1ccc(Br)s1)C(C)(C)C. The first-order valence-electron chi connectivity index (χ1n) is 4.23. The molecule has 1 unspecified atom stereocenters. The summed E-state index contributed by atoms with van der Waals surface area (Å²) in [6.07, 6.45) is 0.184. The maximum atomic E-state index is 5.50. The van der Waals surface area contributed by atoms with Gasteiger partial charge in [-0.3, -0.25) is 0 Å². The third kappa shape index (κ3) is 2.79. The summed E-state index contributed by atoms with van der Waals surface area (Å²) in [7, 11) is 1.77. The summed E-state index contributed by atoms with van der Waals surface area (Å²) in [6, 6.07) is 4.19. The third-order valence-electron chi connectivity index (χ3n) is 1.87. The molecule has 0 radical (unpaired) electrons. The van der Waals surface area contributed by atoms with Crippen molar-refractivity contribution in [3.63, 3.8) is 0 Å². The molecule has 0 spiro atoms. The van der Waals surface area contributed by atoms with Crippen LogP contribution in [0.15, 0.2) is 15.9 Å². The zero-order valence-electron chi connectivity index (χ0n) is 8.43. The minimum atomic E-state index is 0.152. The molecular formula is C10H15BrOS. The second-order valence-corrected chi connectivity index (χ2v) is 6.62. The molecule has 0 N–H and O–H groups in total. The first kappa shape index (κ1) is 11.2. The highest BCUT2D eigenvalue weighted by atomic mass is 79.9. The second-order valence-electron chi connectivity index (χ2n) is 4.12. The molecule has 0 bridgehead atoms. The summed E-state index contributed by atoms with van der Waals surface area (Å²) in [5.41, 5.74) is 0.152. The number of halogens is 1.